The van der Waals surface area contributed by atoms with E-state index in [9.17, 15) is 0 Å². The molecule has 0 unspecified atom stereocenters. The van der Waals surface area contributed by atoms with Crippen LogP contribution in [0, 0.1) is 5.41 Å². The highest BCUT2D eigenvalue weighted by Gasteiger charge is 2.29. The zero-order valence-corrected chi connectivity index (χ0v) is 14.0. The zero-order chi connectivity index (χ0) is 13.4. The largest absolute Gasteiger partial charge is 0.384 e. The fraction of sp³-hybridized carbons (Fsp3) is 0.733. The summed E-state index contributed by atoms with van der Waals surface area (Å²) in [7, 11) is -0.779. The van der Waals surface area contributed by atoms with E-state index in [0.717, 1.165) is 6.42 Å². The third kappa shape index (κ3) is 3.73. The van der Waals surface area contributed by atoms with Crippen molar-refractivity contribution in [2.75, 3.05) is 0 Å². The average Bonchev–Trinajstić information content (AvgIpc) is 2.43. The van der Waals surface area contributed by atoms with Gasteiger partial charge in [0.05, 0.1) is 8.80 Å². The first-order valence-electron chi connectivity index (χ1n) is 6.74. The van der Waals surface area contributed by atoms with Gasteiger partial charge in [-0.15, -0.1) is 0 Å². The molecular weight excluding hydrogens is 222 g/mol. The van der Waals surface area contributed by atoms with Gasteiger partial charge in [0.15, 0.2) is 0 Å². The van der Waals surface area contributed by atoms with Crippen molar-refractivity contribution in [1.29, 1.82) is 0 Å². The highest BCUT2D eigenvalue weighted by atomic mass is 28.3. The number of rotatable bonds is 2. The van der Waals surface area contributed by atoms with Crippen LogP contribution in [0.25, 0.3) is 0 Å². The van der Waals surface area contributed by atoms with Gasteiger partial charge in [0.1, 0.15) is 0 Å². The van der Waals surface area contributed by atoms with E-state index in [1.54, 1.807) is 10.8 Å². The number of hydrogen-bond donors (Lipinski definition) is 1. The van der Waals surface area contributed by atoms with Crippen LogP contribution in [0.2, 0.25) is 13.1 Å². The van der Waals surface area contributed by atoms with Crippen LogP contribution in [0.5, 0.6) is 0 Å². The summed E-state index contributed by atoms with van der Waals surface area (Å²) < 4.78 is 0. The Kier molecular flexibility index (Phi) is 3.97. The Morgan fingerprint density at radius 2 is 1.59 bits per heavy atom. The molecule has 17 heavy (non-hydrogen) atoms. The molecule has 0 spiro atoms. The Morgan fingerprint density at radius 1 is 1.06 bits per heavy atom. The predicted molar refractivity (Wildman–Crippen MR) is 80.9 cm³/mol. The van der Waals surface area contributed by atoms with Crippen LogP contribution in [0.15, 0.2) is 22.5 Å². The van der Waals surface area contributed by atoms with E-state index < -0.39 is 8.80 Å². The summed E-state index contributed by atoms with van der Waals surface area (Å²) in [4.78, 5) is 0. The second-order valence-corrected chi connectivity index (χ2v) is 10.4. The number of allylic oxidation sites excluding steroid dienone is 3. The maximum atomic E-state index is 3.71. The van der Waals surface area contributed by atoms with Crippen LogP contribution in [0.4, 0.5) is 0 Å². The minimum atomic E-state index is -0.779. The smallest absolute Gasteiger partial charge is 0.0673 e. The molecule has 1 aliphatic rings. The third-order valence-corrected chi connectivity index (χ3v) is 4.85. The average molecular weight is 251 g/mol. The quantitative estimate of drug-likeness (QED) is 0.731. The van der Waals surface area contributed by atoms with Gasteiger partial charge in [0.25, 0.3) is 0 Å². The van der Waals surface area contributed by atoms with Crippen LogP contribution in [0.3, 0.4) is 0 Å². The van der Waals surface area contributed by atoms with Crippen molar-refractivity contribution in [1.82, 2.24) is 5.32 Å². The normalized spacial score (nSPS) is 17.8. The summed E-state index contributed by atoms with van der Waals surface area (Å²) in [6.45, 7) is 18.6. The standard InChI is InChI=1S/C15H29NSi/c1-14(2,3)11-9-10-12(13(11)17(7)8)16-15(4,5)6/h9,16-17H,10H2,1-8H3. The molecule has 1 aliphatic carbocycles. The molecule has 0 atom stereocenters. The molecule has 0 saturated carbocycles. The number of nitrogens with one attached hydrogen (secondary N) is 1. The minimum absolute atomic E-state index is 0.172. The molecule has 1 N–H and O–H groups in total. The van der Waals surface area contributed by atoms with E-state index in [2.05, 4.69) is 66.0 Å². The Hall–Kier alpha value is -0.503. The van der Waals surface area contributed by atoms with E-state index in [1.165, 1.54) is 5.70 Å². The van der Waals surface area contributed by atoms with Gasteiger partial charge < -0.3 is 5.32 Å². The van der Waals surface area contributed by atoms with Crippen LogP contribution in [0.1, 0.15) is 48.0 Å². The SMILES string of the molecule is C[SiH](C)C1=C(NC(C)(C)C)CC=C1C(C)(C)C. The third-order valence-electron chi connectivity index (χ3n) is 3.04. The molecule has 0 heterocycles. The summed E-state index contributed by atoms with van der Waals surface area (Å²) in [6.07, 6.45) is 3.54. The Bertz CT molecular complexity index is 348. The first-order chi connectivity index (χ1) is 7.52. The van der Waals surface area contributed by atoms with Crippen LogP contribution >= 0.6 is 0 Å². The highest BCUT2D eigenvalue weighted by molar-refractivity contribution is 6.65. The van der Waals surface area contributed by atoms with E-state index in [4.69, 9.17) is 0 Å². The van der Waals surface area contributed by atoms with Crippen molar-refractivity contribution in [3.8, 4) is 0 Å². The lowest BCUT2D eigenvalue weighted by Crippen LogP contribution is -2.36. The Labute approximate surface area is 109 Å². The highest BCUT2D eigenvalue weighted by Crippen LogP contribution is 2.39. The lowest BCUT2D eigenvalue weighted by Gasteiger charge is -2.29. The van der Waals surface area contributed by atoms with E-state index in [0.29, 0.717) is 0 Å². The molecule has 98 valence electrons. The summed E-state index contributed by atoms with van der Waals surface area (Å²) in [5, 5.41) is 5.39. The maximum absolute atomic E-state index is 3.71. The molecule has 0 radical (unpaired) electrons. The molecule has 1 nitrogen and oxygen atoms in total. The van der Waals surface area contributed by atoms with E-state index >= 15 is 0 Å². The molecule has 1 rings (SSSR count). The molecule has 0 bridgehead atoms. The monoisotopic (exact) mass is 251 g/mol. The van der Waals surface area contributed by atoms with Gasteiger partial charge in [-0.05, 0) is 37.0 Å². The van der Waals surface area contributed by atoms with Crippen molar-refractivity contribution in [3.63, 3.8) is 0 Å². The van der Waals surface area contributed by atoms with Crippen molar-refractivity contribution in [2.24, 2.45) is 5.41 Å². The molecule has 0 aromatic heterocycles. The zero-order valence-electron chi connectivity index (χ0n) is 12.9. The van der Waals surface area contributed by atoms with Crippen molar-refractivity contribution < 1.29 is 0 Å². The van der Waals surface area contributed by atoms with Crippen LogP contribution < -0.4 is 5.32 Å². The minimum Gasteiger partial charge on any atom is -0.384 e. The predicted octanol–water partition coefficient (Wildman–Crippen LogP) is 4.03. The van der Waals surface area contributed by atoms with Gasteiger partial charge >= 0.3 is 0 Å². The summed E-state index contributed by atoms with van der Waals surface area (Å²) >= 11 is 0. The molecule has 0 aromatic rings. The first-order valence-corrected chi connectivity index (χ1v) is 9.63. The van der Waals surface area contributed by atoms with Gasteiger partial charge in [0.2, 0.25) is 0 Å². The lowest BCUT2D eigenvalue weighted by atomic mass is 9.87. The van der Waals surface area contributed by atoms with Crippen molar-refractivity contribution >= 4 is 8.80 Å². The van der Waals surface area contributed by atoms with Gasteiger partial charge in [0, 0.05) is 17.7 Å². The van der Waals surface area contributed by atoms with Gasteiger partial charge in [-0.3, -0.25) is 0 Å². The Balaban J connectivity index is 3.08. The fourth-order valence-corrected chi connectivity index (χ4v) is 4.59. The molecule has 0 amide bonds. The molecule has 0 aliphatic heterocycles. The van der Waals surface area contributed by atoms with Crippen molar-refractivity contribution in [3.05, 3.63) is 22.5 Å². The van der Waals surface area contributed by atoms with Gasteiger partial charge in [-0.25, -0.2) is 0 Å². The molecule has 0 saturated heterocycles. The number of hydrogen-bond acceptors (Lipinski definition) is 1. The molecular formula is C15H29NSi. The second-order valence-electron chi connectivity index (χ2n) is 7.49. The summed E-state index contributed by atoms with van der Waals surface area (Å²) in [5.41, 5.74) is 3.54. The van der Waals surface area contributed by atoms with E-state index in [1.807, 2.05) is 0 Å². The first kappa shape index (κ1) is 14.6. The van der Waals surface area contributed by atoms with E-state index in [-0.39, 0.29) is 11.0 Å². The summed E-state index contributed by atoms with van der Waals surface area (Å²) in [5.74, 6) is 0. The van der Waals surface area contributed by atoms with Crippen LogP contribution in [-0.4, -0.2) is 14.3 Å². The van der Waals surface area contributed by atoms with Crippen LogP contribution in [-0.2, 0) is 0 Å². The molecule has 2 heteroatoms. The van der Waals surface area contributed by atoms with Gasteiger partial charge in [-0.1, -0.05) is 39.9 Å². The topological polar surface area (TPSA) is 12.0 Å². The van der Waals surface area contributed by atoms with Gasteiger partial charge in [-0.2, -0.15) is 0 Å². The maximum Gasteiger partial charge on any atom is 0.0673 e. The van der Waals surface area contributed by atoms with Crippen molar-refractivity contribution in [2.45, 2.75) is 66.6 Å². The molecule has 0 aromatic carbocycles. The fourth-order valence-electron chi connectivity index (χ4n) is 2.53. The second kappa shape index (κ2) is 4.64. The lowest BCUT2D eigenvalue weighted by molar-refractivity contribution is 0.468. The summed E-state index contributed by atoms with van der Waals surface area (Å²) in [6, 6.07) is 0. The molecule has 0 fully saturated rings. The Morgan fingerprint density at radius 3 is 1.94 bits per heavy atom.